The first-order chi connectivity index (χ1) is 7.18. The van der Waals surface area contributed by atoms with E-state index < -0.39 is 0 Å². The van der Waals surface area contributed by atoms with Crippen molar-refractivity contribution in [2.75, 3.05) is 13.1 Å². The third-order valence-corrected chi connectivity index (χ3v) is 3.28. The normalized spacial score (nSPS) is 20.2. The molecule has 0 aromatic carbocycles. The fourth-order valence-electron chi connectivity index (χ4n) is 1.95. The maximum absolute atomic E-state index is 5.72. The number of nitrogens with one attached hydrogen (secondary N) is 1. The van der Waals surface area contributed by atoms with Crippen LogP contribution in [0.3, 0.4) is 0 Å². The van der Waals surface area contributed by atoms with Gasteiger partial charge < -0.3 is 11.1 Å². The van der Waals surface area contributed by atoms with Crippen LogP contribution in [0.5, 0.6) is 0 Å². The van der Waals surface area contributed by atoms with Gasteiger partial charge in [0, 0.05) is 6.04 Å². The second-order valence-electron chi connectivity index (χ2n) is 5.45. The van der Waals surface area contributed by atoms with Gasteiger partial charge in [0.15, 0.2) is 0 Å². The second kappa shape index (κ2) is 7.24. The van der Waals surface area contributed by atoms with Crippen molar-refractivity contribution in [1.29, 1.82) is 0 Å². The van der Waals surface area contributed by atoms with Crippen molar-refractivity contribution in [3.63, 3.8) is 0 Å². The highest BCUT2D eigenvalue weighted by Crippen LogP contribution is 2.31. The monoisotopic (exact) mass is 212 g/mol. The summed E-state index contributed by atoms with van der Waals surface area (Å²) in [5.74, 6) is 1.87. The fraction of sp³-hybridized carbons (Fsp3) is 1.00. The summed E-state index contributed by atoms with van der Waals surface area (Å²) in [5.41, 5.74) is 5.72. The lowest BCUT2D eigenvalue weighted by Crippen LogP contribution is -2.23. The molecule has 0 aliphatic heterocycles. The van der Waals surface area contributed by atoms with Crippen molar-refractivity contribution >= 4 is 0 Å². The first-order valence-corrected chi connectivity index (χ1v) is 6.64. The molecule has 0 bridgehead atoms. The van der Waals surface area contributed by atoms with Crippen LogP contribution in [0.4, 0.5) is 0 Å². The molecule has 0 radical (unpaired) electrons. The molecule has 15 heavy (non-hydrogen) atoms. The highest BCUT2D eigenvalue weighted by Gasteiger charge is 2.19. The van der Waals surface area contributed by atoms with Gasteiger partial charge in [0.1, 0.15) is 0 Å². The molecule has 0 saturated heterocycles. The van der Waals surface area contributed by atoms with Gasteiger partial charge in [-0.25, -0.2) is 0 Å². The molecule has 0 heterocycles. The summed E-state index contributed by atoms with van der Waals surface area (Å²) in [4.78, 5) is 0. The molecule has 0 amide bonds. The highest BCUT2D eigenvalue weighted by atomic mass is 14.9. The van der Waals surface area contributed by atoms with Gasteiger partial charge in [0.2, 0.25) is 0 Å². The van der Waals surface area contributed by atoms with E-state index in [4.69, 9.17) is 5.73 Å². The van der Waals surface area contributed by atoms with Crippen molar-refractivity contribution in [2.24, 2.45) is 17.6 Å². The number of rotatable bonds is 9. The van der Waals surface area contributed by atoms with E-state index in [1.54, 1.807) is 0 Å². The van der Waals surface area contributed by atoms with Crippen molar-refractivity contribution in [3.05, 3.63) is 0 Å². The van der Waals surface area contributed by atoms with Gasteiger partial charge in [-0.3, -0.25) is 0 Å². The summed E-state index contributed by atoms with van der Waals surface area (Å²) in [7, 11) is 0. The Bertz CT molecular complexity index is 153. The Labute approximate surface area is 95.0 Å². The molecule has 1 rings (SSSR count). The zero-order chi connectivity index (χ0) is 11.1. The summed E-state index contributed by atoms with van der Waals surface area (Å²) < 4.78 is 0. The van der Waals surface area contributed by atoms with Crippen LogP contribution in [0.1, 0.15) is 52.4 Å². The van der Waals surface area contributed by atoms with E-state index in [1.165, 1.54) is 51.6 Å². The summed E-state index contributed by atoms with van der Waals surface area (Å²) in [6.45, 7) is 6.85. The Morgan fingerprint density at radius 1 is 1.27 bits per heavy atom. The van der Waals surface area contributed by atoms with Crippen molar-refractivity contribution in [3.8, 4) is 0 Å². The van der Waals surface area contributed by atoms with E-state index >= 15 is 0 Å². The molecule has 2 atom stereocenters. The van der Waals surface area contributed by atoms with Gasteiger partial charge in [0.05, 0.1) is 0 Å². The fourth-order valence-corrected chi connectivity index (χ4v) is 1.95. The van der Waals surface area contributed by atoms with Crippen LogP contribution < -0.4 is 11.1 Å². The average molecular weight is 212 g/mol. The molecule has 1 fully saturated rings. The zero-order valence-electron chi connectivity index (χ0n) is 10.5. The van der Waals surface area contributed by atoms with E-state index in [2.05, 4.69) is 19.2 Å². The lowest BCUT2D eigenvalue weighted by atomic mass is 10.0. The molecule has 0 aromatic heterocycles. The van der Waals surface area contributed by atoms with E-state index in [1.807, 2.05) is 0 Å². The van der Waals surface area contributed by atoms with E-state index in [0.29, 0.717) is 6.04 Å². The first kappa shape index (κ1) is 13.0. The summed E-state index contributed by atoms with van der Waals surface area (Å²) >= 11 is 0. The summed E-state index contributed by atoms with van der Waals surface area (Å²) in [6, 6.07) is 0.375. The summed E-state index contributed by atoms with van der Waals surface area (Å²) in [5, 5.41) is 3.56. The molecule has 0 aromatic rings. The molecule has 1 aliphatic carbocycles. The topological polar surface area (TPSA) is 38.0 Å². The average Bonchev–Trinajstić information content (AvgIpc) is 2.95. The van der Waals surface area contributed by atoms with Gasteiger partial charge in [-0.1, -0.05) is 26.2 Å². The molecule has 90 valence electrons. The highest BCUT2D eigenvalue weighted by molar-refractivity contribution is 4.73. The second-order valence-corrected chi connectivity index (χ2v) is 5.45. The SMILES string of the molecule is CC(N)CCCC(C)CNCCC1CC1. The predicted octanol–water partition coefficient (Wildman–Crippen LogP) is 2.53. The minimum atomic E-state index is 0.375. The van der Waals surface area contributed by atoms with Gasteiger partial charge in [-0.05, 0) is 51.1 Å². The van der Waals surface area contributed by atoms with Crippen LogP contribution in [0, 0.1) is 11.8 Å². The van der Waals surface area contributed by atoms with E-state index in [0.717, 1.165) is 11.8 Å². The molecular weight excluding hydrogens is 184 g/mol. The lowest BCUT2D eigenvalue weighted by Gasteiger charge is -2.13. The third kappa shape index (κ3) is 7.80. The van der Waals surface area contributed by atoms with Gasteiger partial charge >= 0.3 is 0 Å². The van der Waals surface area contributed by atoms with Gasteiger partial charge in [0.25, 0.3) is 0 Å². The molecule has 1 aliphatic rings. The van der Waals surface area contributed by atoms with Crippen LogP contribution in [0.2, 0.25) is 0 Å². The smallest absolute Gasteiger partial charge is 0.00104 e. The largest absolute Gasteiger partial charge is 0.328 e. The van der Waals surface area contributed by atoms with Crippen LogP contribution in [-0.2, 0) is 0 Å². The van der Waals surface area contributed by atoms with Crippen LogP contribution >= 0.6 is 0 Å². The molecule has 3 N–H and O–H groups in total. The third-order valence-electron chi connectivity index (χ3n) is 3.28. The van der Waals surface area contributed by atoms with Crippen molar-refractivity contribution in [2.45, 2.75) is 58.4 Å². The molecule has 2 heteroatoms. The maximum atomic E-state index is 5.72. The van der Waals surface area contributed by atoms with E-state index in [-0.39, 0.29) is 0 Å². The minimum absolute atomic E-state index is 0.375. The quantitative estimate of drug-likeness (QED) is 0.576. The Balaban J connectivity index is 1.81. The molecule has 2 unspecified atom stereocenters. The number of hydrogen-bond donors (Lipinski definition) is 2. The predicted molar refractivity (Wildman–Crippen MR) is 66.9 cm³/mol. The van der Waals surface area contributed by atoms with Crippen LogP contribution in [-0.4, -0.2) is 19.1 Å². The minimum Gasteiger partial charge on any atom is -0.328 e. The molecule has 2 nitrogen and oxygen atoms in total. The lowest BCUT2D eigenvalue weighted by molar-refractivity contribution is 0.443. The van der Waals surface area contributed by atoms with Crippen LogP contribution in [0.25, 0.3) is 0 Å². The maximum Gasteiger partial charge on any atom is 0.00104 e. The Hall–Kier alpha value is -0.0800. The van der Waals surface area contributed by atoms with Gasteiger partial charge in [-0.2, -0.15) is 0 Å². The van der Waals surface area contributed by atoms with Crippen molar-refractivity contribution < 1.29 is 0 Å². The molecule has 1 saturated carbocycles. The first-order valence-electron chi connectivity index (χ1n) is 6.64. The summed E-state index contributed by atoms with van der Waals surface area (Å²) in [6.07, 6.45) is 8.12. The Morgan fingerprint density at radius 3 is 2.60 bits per heavy atom. The standard InChI is InChI=1S/C13H28N2/c1-11(4-3-5-12(2)14)10-15-9-8-13-6-7-13/h11-13,15H,3-10,14H2,1-2H3. The number of nitrogens with two attached hydrogens (primary N) is 1. The van der Waals surface area contributed by atoms with Crippen LogP contribution in [0.15, 0.2) is 0 Å². The molecule has 0 spiro atoms. The Kier molecular flexibility index (Phi) is 6.26. The van der Waals surface area contributed by atoms with Gasteiger partial charge in [-0.15, -0.1) is 0 Å². The van der Waals surface area contributed by atoms with Crippen molar-refractivity contribution in [1.82, 2.24) is 5.32 Å². The number of hydrogen-bond acceptors (Lipinski definition) is 2. The van der Waals surface area contributed by atoms with E-state index in [9.17, 15) is 0 Å². The Morgan fingerprint density at radius 2 is 2.00 bits per heavy atom. The zero-order valence-corrected chi connectivity index (χ0v) is 10.5. The molecular formula is C13H28N2.